The van der Waals surface area contributed by atoms with Crippen LogP contribution in [0, 0.1) is 0 Å². The molecule has 3 N–H and O–H groups in total. The molecule has 1 unspecified atom stereocenters. The lowest BCUT2D eigenvalue weighted by atomic mass is 10.4. The van der Waals surface area contributed by atoms with E-state index < -0.39 is 10.0 Å². The molecule has 2 aromatic rings. The van der Waals surface area contributed by atoms with Crippen LogP contribution in [0.2, 0.25) is 0 Å². The highest BCUT2D eigenvalue weighted by Crippen LogP contribution is 2.12. The third-order valence-electron chi connectivity index (χ3n) is 2.71. The summed E-state index contributed by atoms with van der Waals surface area (Å²) < 4.78 is 29.0. The first-order chi connectivity index (χ1) is 9.53. The van der Waals surface area contributed by atoms with Gasteiger partial charge in [0.05, 0.1) is 12.5 Å². The van der Waals surface area contributed by atoms with Crippen molar-refractivity contribution in [1.82, 2.24) is 29.8 Å². The molecule has 0 aromatic carbocycles. The molecule has 20 heavy (non-hydrogen) atoms. The standard InChI is InChI=1S/C11H18N6O2S/c1-9(7-17-4-3-13-8-17)16-20(18,19)11-10(5-12-2)6-14-15-11/h3-4,6,8-9,12,16H,5,7H2,1-2H3,(H,14,15). The van der Waals surface area contributed by atoms with Crippen molar-refractivity contribution in [2.24, 2.45) is 0 Å². The molecule has 110 valence electrons. The van der Waals surface area contributed by atoms with Crippen LogP contribution in [0.25, 0.3) is 0 Å². The van der Waals surface area contributed by atoms with Gasteiger partial charge in [-0.05, 0) is 14.0 Å². The Balaban J connectivity index is 2.08. The van der Waals surface area contributed by atoms with Crippen LogP contribution < -0.4 is 10.0 Å². The third-order valence-corrected chi connectivity index (χ3v) is 4.32. The quantitative estimate of drug-likeness (QED) is 0.650. The average molecular weight is 298 g/mol. The predicted octanol–water partition coefficient (Wildman–Crippen LogP) is -0.307. The monoisotopic (exact) mass is 298 g/mol. The van der Waals surface area contributed by atoms with E-state index in [0.29, 0.717) is 18.7 Å². The Hall–Kier alpha value is -1.71. The summed E-state index contributed by atoms with van der Waals surface area (Å²) in [5, 5.41) is 9.34. The van der Waals surface area contributed by atoms with Crippen molar-refractivity contribution in [2.45, 2.75) is 31.1 Å². The maximum atomic E-state index is 12.3. The fraction of sp³-hybridized carbons (Fsp3) is 0.455. The van der Waals surface area contributed by atoms with Crippen molar-refractivity contribution in [1.29, 1.82) is 0 Å². The van der Waals surface area contributed by atoms with Crippen LogP contribution in [0.5, 0.6) is 0 Å². The van der Waals surface area contributed by atoms with E-state index in [9.17, 15) is 8.42 Å². The molecular formula is C11H18N6O2S. The van der Waals surface area contributed by atoms with Gasteiger partial charge < -0.3 is 9.88 Å². The minimum atomic E-state index is -3.61. The minimum Gasteiger partial charge on any atom is -0.336 e. The van der Waals surface area contributed by atoms with Gasteiger partial charge in [-0.1, -0.05) is 0 Å². The van der Waals surface area contributed by atoms with Gasteiger partial charge in [0.2, 0.25) is 0 Å². The van der Waals surface area contributed by atoms with Crippen LogP contribution in [0.1, 0.15) is 12.5 Å². The summed E-state index contributed by atoms with van der Waals surface area (Å²) in [6.07, 6.45) is 6.59. The molecule has 0 amide bonds. The van der Waals surface area contributed by atoms with E-state index in [1.54, 1.807) is 32.7 Å². The molecule has 0 saturated carbocycles. The topological polar surface area (TPSA) is 105 Å². The number of aromatic nitrogens is 4. The Morgan fingerprint density at radius 2 is 2.30 bits per heavy atom. The molecule has 0 aliphatic rings. The van der Waals surface area contributed by atoms with E-state index in [4.69, 9.17) is 0 Å². The van der Waals surface area contributed by atoms with Crippen molar-refractivity contribution < 1.29 is 8.42 Å². The summed E-state index contributed by atoms with van der Waals surface area (Å²) in [6.45, 7) is 2.74. The second-order valence-electron chi connectivity index (χ2n) is 4.54. The summed E-state index contributed by atoms with van der Waals surface area (Å²) in [5.74, 6) is 0. The molecule has 1 atom stereocenters. The van der Waals surface area contributed by atoms with Gasteiger partial charge in [-0.25, -0.2) is 18.1 Å². The normalized spacial score (nSPS) is 13.5. The van der Waals surface area contributed by atoms with E-state index in [1.807, 2.05) is 4.57 Å². The Morgan fingerprint density at radius 3 is 2.95 bits per heavy atom. The second kappa shape index (κ2) is 6.16. The highest BCUT2D eigenvalue weighted by molar-refractivity contribution is 7.89. The number of hydrogen-bond donors (Lipinski definition) is 3. The Morgan fingerprint density at radius 1 is 1.50 bits per heavy atom. The molecular weight excluding hydrogens is 280 g/mol. The summed E-state index contributed by atoms with van der Waals surface area (Å²) in [4.78, 5) is 3.92. The lowest BCUT2D eigenvalue weighted by molar-refractivity contribution is 0.517. The Kier molecular flexibility index (Phi) is 4.53. The second-order valence-corrected chi connectivity index (χ2v) is 6.19. The van der Waals surface area contributed by atoms with Gasteiger partial charge in [-0.3, -0.25) is 5.10 Å². The van der Waals surface area contributed by atoms with Gasteiger partial charge in [-0.15, -0.1) is 0 Å². The number of aromatic amines is 1. The van der Waals surface area contributed by atoms with Crippen molar-refractivity contribution in [2.75, 3.05) is 7.05 Å². The van der Waals surface area contributed by atoms with E-state index in [-0.39, 0.29) is 11.1 Å². The van der Waals surface area contributed by atoms with Crippen LogP contribution in [0.15, 0.2) is 29.9 Å². The van der Waals surface area contributed by atoms with Gasteiger partial charge in [0, 0.05) is 37.1 Å². The predicted molar refractivity (Wildman–Crippen MR) is 73.4 cm³/mol. The Bertz CT molecular complexity index is 634. The third kappa shape index (κ3) is 3.44. The molecule has 2 aromatic heterocycles. The fourth-order valence-electron chi connectivity index (χ4n) is 1.92. The van der Waals surface area contributed by atoms with Crippen LogP contribution in [-0.2, 0) is 23.1 Å². The highest BCUT2D eigenvalue weighted by Gasteiger charge is 2.22. The first-order valence-electron chi connectivity index (χ1n) is 6.18. The highest BCUT2D eigenvalue weighted by atomic mass is 32.2. The first kappa shape index (κ1) is 14.7. The molecule has 0 saturated heterocycles. The van der Waals surface area contributed by atoms with Crippen LogP contribution >= 0.6 is 0 Å². The van der Waals surface area contributed by atoms with Gasteiger partial charge >= 0.3 is 0 Å². The fourth-order valence-corrected chi connectivity index (χ4v) is 3.29. The number of hydrogen-bond acceptors (Lipinski definition) is 5. The molecule has 0 aliphatic carbocycles. The zero-order valence-electron chi connectivity index (χ0n) is 11.4. The summed E-state index contributed by atoms with van der Waals surface area (Å²) >= 11 is 0. The number of rotatable bonds is 7. The molecule has 0 fully saturated rings. The minimum absolute atomic E-state index is 0.101. The van der Waals surface area contributed by atoms with Gasteiger partial charge in [-0.2, -0.15) is 5.10 Å². The zero-order valence-corrected chi connectivity index (χ0v) is 12.2. The number of nitrogens with one attached hydrogen (secondary N) is 3. The number of imidazole rings is 1. The lowest BCUT2D eigenvalue weighted by Gasteiger charge is -2.14. The Labute approximate surface area is 117 Å². The van der Waals surface area contributed by atoms with Gasteiger partial charge in [0.1, 0.15) is 0 Å². The zero-order chi connectivity index (χ0) is 14.6. The lowest BCUT2D eigenvalue weighted by Crippen LogP contribution is -2.36. The van der Waals surface area contributed by atoms with Crippen LogP contribution in [-0.4, -0.2) is 41.3 Å². The maximum absolute atomic E-state index is 12.3. The molecule has 0 spiro atoms. The number of nitrogens with zero attached hydrogens (tertiary/aromatic N) is 3. The molecule has 0 aliphatic heterocycles. The summed E-state index contributed by atoms with van der Waals surface area (Å²) in [7, 11) is -1.87. The largest absolute Gasteiger partial charge is 0.336 e. The molecule has 9 heteroatoms. The van der Waals surface area contributed by atoms with Crippen molar-refractivity contribution in [3.63, 3.8) is 0 Å². The van der Waals surface area contributed by atoms with E-state index in [0.717, 1.165) is 0 Å². The van der Waals surface area contributed by atoms with Crippen LogP contribution in [0.3, 0.4) is 0 Å². The summed E-state index contributed by atoms with van der Waals surface area (Å²) in [6, 6.07) is -0.264. The van der Waals surface area contributed by atoms with Crippen molar-refractivity contribution >= 4 is 10.0 Å². The SMILES string of the molecule is CNCc1cn[nH]c1S(=O)(=O)NC(C)Cn1ccnc1. The van der Waals surface area contributed by atoms with Gasteiger partial charge in [0.15, 0.2) is 5.03 Å². The van der Waals surface area contributed by atoms with E-state index in [2.05, 4.69) is 25.2 Å². The molecule has 0 radical (unpaired) electrons. The molecule has 8 nitrogen and oxygen atoms in total. The maximum Gasteiger partial charge on any atom is 0.258 e. The van der Waals surface area contributed by atoms with Crippen molar-refractivity contribution in [3.05, 3.63) is 30.5 Å². The average Bonchev–Trinajstić information content (AvgIpc) is 2.99. The smallest absolute Gasteiger partial charge is 0.258 e. The summed E-state index contributed by atoms with van der Waals surface area (Å²) in [5.41, 5.74) is 0.606. The molecule has 2 rings (SSSR count). The molecule has 2 heterocycles. The first-order valence-corrected chi connectivity index (χ1v) is 7.66. The van der Waals surface area contributed by atoms with Crippen molar-refractivity contribution in [3.8, 4) is 0 Å². The number of H-pyrrole nitrogens is 1. The van der Waals surface area contributed by atoms with E-state index in [1.165, 1.54) is 6.20 Å². The van der Waals surface area contributed by atoms with E-state index >= 15 is 0 Å². The van der Waals surface area contributed by atoms with Gasteiger partial charge in [0.25, 0.3) is 10.0 Å². The molecule has 0 bridgehead atoms. The van der Waals surface area contributed by atoms with Crippen LogP contribution in [0.4, 0.5) is 0 Å². The number of sulfonamides is 1.